The van der Waals surface area contributed by atoms with Gasteiger partial charge in [0.25, 0.3) is 0 Å². The molecule has 1 rings (SSSR count). The molecule has 1 saturated carbocycles. The SMILES string of the molecule is CC1CCCC(NC(=O)CCCNC(C)C)C1. The summed E-state index contributed by atoms with van der Waals surface area (Å²) < 4.78 is 0. The van der Waals surface area contributed by atoms with Crippen LogP contribution in [0.3, 0.4) is 0 Å². The Morgan fingerprint density at radius 2 is 2.12 bits per heavy atom. The minimum absolute atomic E-state index is 0.231. The molecule has 3 nitrogen and oxygen atoms in total. The van der Waals surface area contributed by atoms with Gasteiger partial charge in [-0.2, -0.15) is 0 Å². The summed E-state index contributed by atoms with van der Waals surface area (Å²) in [7, 11) is 0. The molecule has 0 heterocycles. The molecule has 2 unspecified atom stereocenters. The first kappa shape index (κ1) is 14.5. The van der Waals surface area contributed by atoms with Crippen molar-refractivity contribution in [2.24, 2.45) is 5.92 Å². The molecule has 1 aliphatic carbocycles. The Hall–Kier alpha value is -0.570. The predicted octanol–water partition coefficient (Wildman–Crippen LogP) is 2.46. The van der Waals surface area contributed by atoms with Crippen LogP contribution in [0, 0.1) is 5.92 Å². The highest BCUT2D eigenvalue weighted by atomic mass is 16.1. The van der Waals surface area contributed by atoms with E-state index in [9.17, 15) is 4.79 Å². The van der Waals surface area contributed by atoms with Crippen LogP contribution >= 0.6 is 0 Å². The van der Waals surface area contributed by atoms with E-state index in [1.165, 1.54) is 19.3 Å². The van der Waals surface area contributed by atoms with Crippen LogP contribution in [0.4, 0.5) is 0 Å². The smallest absolute Gasteiger partial charge is 0.220 e. The van der Waals surface area contributed by atoms with Crippen molar-refractivity contribution in [3.8, 4) is 0 Å². The Kier molecular flexibility index (Phi) is 6.56. The predicted molar refractivity (Wildman–Crippen MR) is 71.9 cm³/mol. The molecule has 1 fully saturated rings. The number of nitrogens with one attached hydrogen (secondary N) is 2. The van der Waals surface area contributed by atoms with Gasteiger partial charge < -0.3 is 10.6 Å². The van der Waals surface area contributed by atoms with Gasteiger partial charge in [0, 0.05) is 18.5 Å². The number of rotatable bonds is 6. The zero-order valence-corrected chi connectivity index (χ0v) is 11.6. The maximum absolute atomic E-state index is 11.7. The summed E-state index contributed by atoms with van der Waals surface area (Å²) in [4.78, 5) is 11.7. The molecule has 0 saturated heterocycles. The van der Waals surface area contributed by atoms with E-state index in [0.29, 0.717) is 18.5 Å². The average molecular weight is 240 g/mol. The molecule has 1 aliphatic rings. The molecule has 1 amide bonds. The first-order valence-electron chi connectivity index (χ1n) is 7.10. The topological polar surface area (TPSA) is 41.1 Å². The maximum Gasteiger partial charge on any atom is 0.220 e. The number of amides is 1. The fraction of sp³-hybridized carbons (Fsp3) is 0.929. The summed E-state index contributed by atoms with van der Waals surface area (Å²) in [5.74, 6) is 1.01. The molecular weight excluding hydrogens is 212 g/mol. The van der Waals surface area contributed by atoms with Gasteiger partial charge in [0.15, 0.2) is 0 Å². The number of carbonyl (C=O) groups is 1. The van der Waals surface area contributed by atoms with Gasteiger partial charge in [0.2, 0.25) is 5.91 Å². The highest BCUT2D eigenvalue weighted by Crippen LogP contribution is 2.23. The van der Waals surface area contributed by atoms with Gasteiger partial charge in [-0.1, -0.05) is 33.6 Å². The summed E-state index contributed by atoms with van der Waals surface area (Å²) in [5, 5.41) is 6.50. The third-order valence-electron chi connectivity index (χ3n) is 3.43. The van der Waals surface area contributed by atoms with Crippen LogP contribution in [0.15, 0.2) is 0 Å². The van der Waals surface area contributed by atoms with Gasteiger partial charge in [0.05, 0.1) is 0 Å². The molecule has 0 aromatic carbocycles. The Bertz CT molecular complexity index is 228. The lowest BCUT2D eigenvalue weighted by molar-refractivity contribution is -0.122. The van der Waals surface area contributed by atoms with Crippen LogP contribution in [0.2, 0.25) is 0 Å². The molecule has 17 heavy (non-hydrogen) atoms. The van der Waals surface area contributed by atoms with Gasteiger partial charge in [0.1, 0.15) is 0 Å². The fourth-order valence-electron chi connectivity index (χ4n) is 2.50. The summed E-state index contributed by atoms with van der Waals surface area (Å²) in [6.07, 6.45) is 6.51. The second-order valence-corrected chi connectivity index (χ2v) is 5.75. The van der Waals surface area contributed by atoms with Crippen molar-refractivity contribution < 1.29 is 4.79 Å². The Morgan fingerprint density at radius 3 is 2.76 bits per heavy atom. The molecule has 0 aromatic rings. The van der Waals surface area contributed by atoms with Crippen LogP contribution in [-0.2, 0) is 4.79 Å². The zero-order valence-electron chi connectivity index (χ0n) is 11.6. The zero-order chi connectivity index (χ0) is 12.7. The van der Waals surface area contributed by atoms with Gasteiger partial charge in [-0.15, -0.1) is 0 Å². The standard InChI is InChI=1S/C14H28N2O/c1-11(2)15-9-5-8-14(17)16-13-7-4-6-12(3)10-13/h11-13,15H,4-10H2,1-3H3,(H,16,17). The maximum atomic E-state index is 11.7. The summed E-state index contributed by atoms with van der Waals surface area (Å²) in [6, 6.07) is 0.946. The van der Waals surface area contributed by atoms with Crippen LogP contribution in [0.25, 0.3) is 0 Å². The molecule has 0 spiro atoms. The minimum atomic E-state index is 0.231. The lowest BCUT2D eigenvalue weighted by Gasteiger charge is -2.27. The number of hydrogen-bond acceptors (Lipinski definition) is 2. The van der Waals surface area contributed by atoms with Gasteiger partial charge in [-0.25, -0.2) is 0 Å². The summed E-state index contributed by atoms with van der Waals surface area (Å²) in [6.45, 7) is 7.48. The van der Waals surface area contributed by atoms with Crippen molar-refractivity contribution in [2.75, 3.05) is 6.54 Å². The van der Waals surface area contributed by atoms with Crippen LogP contribution < -0.4 is 10.6 Å². The summed E-state index contributed by atoms with van der Waals surface area (Å²) in [5.41, 5.74) is 0. The normalized spacial score (nSPS) is 24.9. The average Bonchev–Trinajstić information content (AvgIpc) is 2.24. The van der Waals surface area contributed by atoms with E-state index in [1.54, 1.807) is 0 Å². The molecule has 0 aromatic heterocycles. The molecule has 2 N–H and O–H groups in total. The van der Waals surface area contributed by atoms with Crippen molar-refractivity contribution in [3.63, 3.8) is 0 Å². The number of hydrogen-bond donors (Lipinski definition) is 2. The van der Waals surface area contributed by atoms with Crippen LogP contribution in [-0.4, -0.2) is 24.5 Å². The Labute approximate surface area is 106 Å². The number of carbonyl (C=O) groups excluding carboxylic acids is 1. The van der Waals surface area contributed by atoms with Crippen molar-refractivity contribution in [2.45, 2.75) is 71.4 Å². The first-order chi connectivity index (χ1) is 8.08. The van der Waals surface area contributed by atoms with Crippen LogP contribution in [0.1, 0.15) is 59.3 Å². The van der Waals surface area contributed by atoms with E-state index >= 15 is 0 Å². The highest BCUT2D eigenvalue weighted by Gasteiger charge is 2.19. The molecule has 2 atom stereocenters. The third-order valence-corrected chi connectivity index (χ3v) is 3.43. The van der Waals surface area contributed by atoms with Crippen molar-refractivity contribution in [1.82, 2.24) is 10.6 Å². The van der Waals surface area contributed by atoms with E-state index in [4.69, 9.17) is 0 Å². The Balaban J connectivity index is 2.07. The van der Waals surface area contributed by atoms with E-state index < -0.39 is 0 Å². The molecule has 3 heteroatoms. The highest BCUT2D eigenvalue weighted by molar-refractivity contribution is 5.76. The van der Waals surface area contributed by atoms with Gasteiger partial charge >= 0.3 is 0 Å². The monoisotopic (exact) mass is 240 g/mol. The molecule has 100 valence electrons. The second kappa shape index (κ2) is 7.70. The van der Waals surface area contributed by atoms with Gasteiger partial charge in [-0.05, 0) is 31.7 Å². The van der Waals surface area contributed by atoms with E-state index in [-0.39, 0.29) is 5.91 Å². The molecule has 0 aliphatic heterocycles. The fourth-order valence-corrected chi connectivity index (χ4v) is 2.50. The quantitative estimate of drug-likeness (QED) is 0.700. The van der Waals surface area contributed by atoms with Gasteiger partial charge in [-0.3, -0.25) is 4.79 Å². The van der Waals surface area contributed by atoms with Crippen molar-refractivity contribution in [1.29, 1.82) is 0 Å². The third kappa shape index (κ3) is 6.67. The van der Waals surface area contributed by atoms with Crippen LogP contribution in [0.5, 0.6) is 0 Å². The largest absolute Gasteiger partial charge is 0.353 e. The first-order valence-corrected chi connectivity index (χ1v) is 7.10. The van der Waals surface area contributed by atoms with E-state index in [0.717, 1.165) is 25.3 Å². The van der Waals surface area contributed by atoms with E-state index in [1.807, 2.05) is 0 Å². The van der Waals surface area contributed by atoms with Crippen molar-refractivity contribution >= 4 is 5.91 Å². The molecule has 0 radical (unpaired) electrons. The van der Waals surface area contributed by atoms with Crippen molar-refractivity contribution in [3.05, 3.63) is 0 Å². The second-order valence-electron chi connectivity index (χ2n) is 5.75. The molecular formula is C14H28N2O. The van der Waals surface area contributed by atoms with E-state index in [2.05, 4.69) is 31.4 Å². The lowest BCUT2D eigenvalue weighted by atomic mass is 9.87. The lowest BCUT2D eigenvalue weighted by Crippen LogP contribution is -2.38. The minimum Gasteiger partial charge on any atom is -0.353 e. The molecule has 0 bridgehead atoms. The summed E-state index contributed by atoms with van der Waals surface area (Å²) >= 11 is 0. The Morgan fingerprint density at radius 1 is 1.35 bits per heavy atom.